The SMILES string of the molecule is FC(F)(F)c1ccnn1-c1ccccc1Cl. The van der Waals surface area contributed by atoms with Gasteiger partial charge >= 0.3 is 6.18 Å². The van der Waals surface area contributed by atoms with Crippen LogP contribution in [0.15, 0.2) is 36.5 Å². The van der Waals surface area contributed by atoms with Crippen LogP contribution < -0.4 is 0 Å². The molecule has 0 N–H and O–H groups in total. The quantitative estimate of drug-likeness (QED) is 0.752. The maximum absolute atomic E-state index is 12.6. The third kappa shape index (κ3) is 1.90. The number of nitrogens with zero attached hydrogens (tertiary/aromatic N) is 2. The highest BCUT2D eigenvalue weighted by atomic mass is 35.5. The van der Waals surface area contributed by atoms with Gasteiger partial charge in [0.1, 0.15) is 5.69 Å². The summed E-state index contributed by atoms with van der Waals surface area (Å²) in [6, 6.07) is 7.14. The lowest BCUT2D eigenvalue weighted by molar-refractivity contribution is -0.142. The number of hydrogen-bond donors (Lipinski definition) is 0. The Balaban J connectivity index is 2.58. The van der Waals surface area contributed by atoms with E-state index in [-0.39, 0.29) is 10.7 Å². The van der Waals surface area contributed by atoms with Gasteiger partial charge in [0.15, 0.2) is 0 Å². The Morgan fingerprint density at radius 1 is 1.12 bits per heavy atom. The molecule has 16 heavy (non-hydrogen) atoms. The summed E-state index contributed by atoms with van der Waals surface area (Å²) < 4.78 is 38.6. The molecule has 1 heterocycles. The molecule has 1 aromatic carbocycles. The average molecular weight is 247 g/mol. The summed E-state index contributed by atoms with van der Waals surface area (Å²) in [5, 5.41) is 3.85. The van der Waals surface area contributed by atoms with Crippen molar-refractivity contribution in [2.24, 2.45) is 0 Å². The van der Waals surface area contributed by atoms with E-state index in [4.69, 9.17) is 11.6 Å². The van der Waals surface area contributed by atoms with Crippen LogP contribution in [0.1, 0.15) is 5.69 Å². The lowest BCUT2D eigenvalue weighted by Gasteiger charge is -2.11. The number of halogens is 4. The van der Waals surface area contributed by atoms with Crippen molar-refractivity contribution in [2.45, 2.75) is 6.18 Å². The first-order valence-corrected chi connectivity index (χ1v) is 4.74. The van der Waals surface area contributed by atoms with Crippen LogP contribution in [0.4, 0.5) is 13.2 Å². The second-order valence-electron chi connectivity index (χ2n) is 3.08. The molecule has 2 rings (SSSR count). The second-order valence-corrected chi connectivity index (χ2v) is 3.48. The zero-order valence-corrected chi connectivity index (χ0v) is 8.63. The molecule has 0 radical (unpaired) electrons. The van der Waals surface area contributed by atoms with Crippen LogP contribution in [0, 0.1) is 0 Å². The highest BCUT2D eigenvalue weighted by molar-refractivity contribution is 6.32. The van der Waals surface area contributed by atoms with Gasteiger partial charge in [-0.05, 0) is 18.2 Å². The molecule has 2 aromatic rings. The second kappa shape index (κ2) is 3.83. The third-order valence-electron chi connectivity index (χ3n) is 2.01. The van der Waals surface area contributed by atoms with E-state index in [2.05, 4.69) is 5.10 Å². The fourth-order valence-corrected chi connectivity index (χ4v) is 1.55. The molecule has 6 heteroatoms. The summed E-state index contributed by atoms with van der Waals surface area (Å²) in [4.78, 5) is 0. The zero-order chi connectivity index (χ0) is 11.8. The van der Waals surface area contributed by atoms with Gasteiger partial charge in [-0.25, -0.2) is 4.68 Å². The summed E-state index contributed by atoms with van der Waals surface area (Å²) >= 11 is 5.81. The summed E-state index contributed by atoms with van der Waals surface area (Å²) in [7, 11) is 0. The number of aromatic nitrogens is 2. The number of benzene rings is 1. The molecule has 0 unspecified atom stereocenters. The predicted molar refractivity (Wildman–Crippen MR) is 53.6 cm³/mol. The lowest BCUT2D eigenvalue weighted by Crippen LogP contribution is -2.13. The summed E-state index contributed by atoms with van der Waals surface area (Å²) in [5.74, 6) is 0. The molecule has 0 fully saturated rings. The minimum absolute atomic E-state index is 0.210. The van der Waals surface area contributed by atoms with E-state index < -0.39 is 11.9 Å². The molecule has 0 saturated carbocycles. The van der Waals surface area contributed by atoms with Crippen molar-refractivity contribution in [3.05, 3.63) is 47.2 Å². The average Bonchev–Trinajstić information content (AvgIpc) is 2.66. The first-order chi connectivity index (χ1) is 7.50. The number of hydrogen-bond acceptors (Lipinski definition) is 1. The maximum atomic E-state index is 12.6. The number of alkyl halides is 3. The monoisotopic (exact) mass is 246 g/mol. The van der Waals surface area contributed by atoms with E-state index in [1.807, 2.05) is 0 Å². The van der Waals surface area contributed by atoms with Gasteiger partial charge < -0.3 is 0 Å². The van der Waals surface area contributed by atoms with Crippen molar-refractivity contribution in [3.8, 4) is 5.69 Å². The van der Waals surface area contributed by atoms with Crippen LogP contribution in [0.5, 0.6) is 0 Å². The van der Waals surface area contributed by atoms with E-state index >= 15 is 0 Å². The zero-order valence-electron chi connectivity index (χ0n) is 7.87. The van der Waals surface area contributed by atoms with Crippen LogP contribution >= 0.6 is 11.6 Å². The van der Waals surface area contributed by atoms with Crippen LogP contribution in [-0.2, 0) is 6.18 Å². The van der Waals surface area contributed by atoms with E-state index in [1.54, 1.807) is 12.1 Å². The minimum Gasteiger partial charge on any atom is -0.227 e. The van der Waals surface area contributed by atoms with Crippen molar-refractivity contribution in [1.29, 1.82) is 0 Å². The van der Waals surface area contributed by atoms with Crippen LogP contribution in [0.3, 0.4) is 0 Å². The van der Waals surface area contributed by atoms with Crippen molar-refractivity contribution in [3.63, 3.8) is 0 Å². The fraction of sp³-hybridized carbons (Fsp3) is 0.100. The molecule has 0 amide bonds. The number of rotatable bonds is 1. The Labute approximate surface area is 94.3 Å². The highest BCUT2D eigenvalue weighted by Crippen LogP contribution is 2.32. The Kier molecular flexibility index (Phi) is 2.63. The molecule has 0 aliphatic heterocycles. The Bertz CT molecular complexity index is 505. The first kappa shape index (κ1) is 11.0. The van der Waals surface area contributed by atoms with Crippen LogP contribution in [-0.4, -0.2) is 9.78 Å². The molecule has 0 bridgehead atoms. The largest absolute Gasteiger partial charge is 0.433 e. The van der Waals surface area contributed by atoms with E-state index in [0.29, 0.717) is 0 Å². The van der Waals surface area contributed by atoms with Gasteiger partial charge in [0.2, 0.25) is 0 Å². The Hall–Kier alpha value is -1.49. The van der Waals surface area contributed by atoms with Crippen LogP contribution in [0.25, 0.3) is 5.69 Å². The predicted octanol–water partition coefficient (Wildman–Crippen LogP) is 3.54. The molecule has 0 saturated heterocycles. The van der Waals surface area contributed by atoms with Gasteiger partial charge in [-0.1, -0.05) is 23.7 Å². The first-order valence-electron chi connectivity index (χ1n) is 4.36. The van der Waals surface area contributed by atoms with E-state index in [1.165, 1.54) is 12.1 Å². The molecule has 0 spiro atoms. The highest BCUT2D eigenvalue weighted by Gasteiger charge is 2.35. The normalized spacial score (nSPS) is 11.8. The number of para-hydroxylation sites is 1. The van der Waals surface area contributed by atoms with Crippen molar-refractivity contribution in [1.82, 2.24) is 9.78 Å². The molecular formula is C10H6ClF3N2. The van der Waals surface area contributed by atoms with Gasteiger partial charge in [-0.2, -0.15) is 18.3 Å². The van der Waals surface area contributed by atoms with Gasteiger partial charge in [0.25, 0.3) is 0 Å². The van der Waals surface area contributed by atoms with Crippen LogP contribution in [0.2, 0.25) is 5.02 Å². The molecular weight excluding hydrogens is 241 g/mol. The Morgan fingerprint density at radius 3 is 2.44 bits per heavy atom. The maximum Gasteiger partial charge on any atom is 0.433 e. The molecule has 0 aliphatic rings. The Morgan fingerprint density at radius 2 is 1.81 bits per heavy atom. The molecule has 1 aromatic heterocycles. The van der Waals surface area contributed by atoms with Gasteiger partial charge in [0.05, 0.1) is 16.9 Å². The standard InChI is InChI=1S/C10H6ClF3N2/c11-7-3-1-2-4-8(7)16-9(5-6-15-16)10(12,13)14/h1-6H. The summed E-state index contributed by atoms with van der Waals surface area (Å²) in [6.45, 7) is 0. The van der Waals surface area contributed by atoms with Crippen molar-refractivity contribution in [2.75, 3.05) is 0 Å². The van der Waals surface area contributed by atoms with Gasteiger partial charge in [0, 0.05) is 0 Å². The summed E-state index contributed by atoms with van der Waals surface area (Å²) in [5.41, 5.74) is -0.637. The lowest BCUT2D eigenvalue weighted by atomic mass is 10.3. The van der Waals surface area contributed by atoms with Crippen molar-refractivity contribution < 1.29 is 13.2 Å². The topological polar surface area (TPSA) is 17.8 Å². The molecule has 84 valence electrons. The summed E-state index contributed by atoms with van der Waals surface area (Å²) in [6.07, 6.45) is -3.36. The molecule has 0 atom stereocenters. The van der Waals surface area contributed by atoms with E-state index in [0.717, 1.165) is 16.9 Å². The minimum atomic E-state index is -4.45. The smallest absolute Gasteiger partial charge is 0.227 e. The van der Waals surface area contributed by atoms with Crippen molar-refractivity contribution >= 4 is 11.6 Å². The fourth-order valence-electron chi connectivity index (χ4n) is 1.33. The van der Waals surface area contributed by atoms with E-state index in [9.17, 15) is 13.2 Å². The van der Waals surface area contributed by atoms with Gasteiger partial charge in [-0.3, -0.25) is 0 Å². The molecule has 2 nitrogen and oxygen atoms in total. The third-order valence-corrected chi connectivity index (χ3v) is 2.33. The molecule has 0 aliphatic carbocycles. The van der Waals surface area contributed by atoms with Gasteiger partial charge in [-0.15, -0.1) is 0 Å².